The second-order valence-corrected chi connectivity index (χ2v) is 9.17. The number of carboxylic acid groups (broad SMARTS) is 1. The molecule has 172 valence electrons. The van der Waals surface area contributed by atoms with Crippen molar-refractivity contribution in [1.82, 2.24) is 4.90 Å². The van der Waals surface area contributed by atoms with Gasteiger partial charge in [0.15, 0.2) is 11.6 Å². The number of carboxylic acids is 1. The maximum atomic E-state index is 13.1. The Morgan fingerprint density at radius 3 is 2.52 bits per heavy atom. The third-order valence-electron chi connectivity index (χ3n) is 5.79. The number of ether oxygens (including phenoxy) is 2. The number of aliphatic imine (C=N–C) groups is 1. The molecular formula is C24H23ClN2O5S. The molecule has 0 spiro atoms. The summed E-state index contributed by atoms with van der Waals surface area (Å²) in [7, 11) is 1.56. The molecule has 3 atom stereocenters. The largest absolute Gasteiger partial charge is 0.497 e. The van der Waals surface area contributed by atoms with Crippen molar-refractivity contribution in [2.45, 2.75) is 23.4 Å². The van der Waals surface area contributed by atoms with Gasteiger partial charge in [0.05, 0.1) is 7.11 Å². The first-order valence-corrected chi connectivity index (χ1v) is 11.7. The molecule has 0 bridgehead atoms. The van der Waals surface area contributed by atoms with E-state index in [-0.39, 0.29) is 30.4 Å². The molecule has 2 aromatic carbocycles. The number of likely N-dealkylation sites (tertiary alicyclic amines) is 1. The number of para-hydroxylation sites is 1. The van der Waals surface area contributed by atoms with Crippen LogP contribution in [0.5, 0.6) is 11.5 Å². The molecule has 1 saturated heterocycles. The van der Waals surface area contributed by atoms with Gasteiger partial charge in [0.25, 0.3) is 5.91 Å². The molecule has 33 heavy (non-hydrogen) atoms. The molecule has 1 N–H and O–H groups in total. The number of aliphatic carboxylic acids is 1. The second-order valence-electron chi connectivity index (χ2n) is 7.71. The minimum Gasteiger partial charge on any atom is -0.497 e. The fourth-order valence-electron chi connectivity index (χ4n) is 4.01. The van der Waals surface area contributed by atoms with Gasteiger partial charge >= 0.3 is 5.97 Å². The molecule has 7 nitrogen and oxygen atoms in total. The van der Waals surface area contributed by atoms with Crippen molar-refractivity contribution in [3.8, 4) is 11.5 Å². The lowest BCUT2D eigenvalue weighted by Crippen LogP contribution is -2.73. The van der Waals surface area contributed by atoms with E-state index in [4.69, 9.17) is 21.1 Å². The normalized spacial score (nSPS) is 20.8. The van der Waals surface area contributed by atoms with Gasteiger partial charge in [0, 0.05) is 12.3 Å². The molecule has 4 rings (SSSR count). The Morgan fingerprint density at radius 1 is 1.21 bits per heavy atom. The summed E-state index contributed by atoms with van der Waals surface area (Å²) in [6.45, 7) is 4.15. The van der Waals surface area contributed by atoms with E-state index in [0.717, 1.165) is 5.56 Å². The smallest absolute Gasteiger partial charge is 0.334 e. The van der Waals surface area contributed by atoms with Crippen LogP contribution in [0.4, 0.5) is 0 Å². The summed E-state index contributed by atoms with van der Waals surface area (Å²) < 4.78 is 10.9. The number of rotatable bonds is 10. The number of methoxy groups -OCH3 is 1. The SMILES string of the molecule is C=C(CCl)C(Cc1ccc(OC)cc1)(C(=O)O)N1C(=O)C2N=C(COc3ccccc3)SC21. The highest BCUT2D eigenvalue weighted by atomic mass is 35.5. The summed E-state index contributed by atoms with van der Waals surface area (Å²) in [6, 6.07) is 15.7. The number of carbonyl (C=O) groups excluding carboxylic acids is 1. The van der Waals surface area contributed by atoms with E-state index in [1.165, 1.54) is 16.7 Å². The quantitative estimate of drug-likeness (QED) is 0.313. The fraction of sp³-hybridized carbons (Fsp3) is 0.292. The highest BCUT2D eigenvalue weighted by Gasteiger charge is 2.63. The number of alkyl halides is 1. The van der Waals surface area contributed by atoms with Crippen molar-refractivity contribution < 1.29 is 24.2 Å². The molecule has 2 heterocycles. The monoisotopic (exact) mass is 486 g/mol. The molecule has 0 saturated carbocycles. The van der Waals surface area contributed by atoms with Crippen molar-refractivity contribution >= 4 is 40.3 Å². The van der Waals surface area contributed by atoms with Gasteiger partial charge < -0.3 is 19.5 Å². The highest BCUT2D eigenvalue weighted by molar-refractivity contribution is 8.15. The van der Waals surface area contributed by atoms with Crippen LogP contribution in [0.15, 0.2) is 71.7 Å². The number of hydrogen-bond donors (Lipinski definition) is 1. The zero-order valence-electron chi connectivity index (χ0n) is 17.9. The molecule has 0 aromatic heterocycles. The number of amides is 1. The Morgan fingerprint density at radius 2 is 1.91 bits per heavy atom. The van der Waals surface area contributed by atoms with E-state index in [2.05, 4.69) is 11.6 Å². The summed E-state index contributed by atoms with van der Waals surface area (Å²) in [6.07, 6.45) is 0.0310. The third-order valence-corrected chi connectivity index (χ3v) is 7.32. The summed E-state index contributed by atoms with van der Waals surface area (Å²) in [5, 5.41) is 10.6. The molecule has 1 fully saturated rings. The van der Waals surface area contributed by atoms with Gasteiger partial charge in [-0.05, 0) is 35.4 Å². The van der Waals surface area contributed by atoms with Crippen LogP contribution in [0.2, 0.25) is 0 Å². The van der Waals surface area contributed by atoms with Crippen LogP contribution in [0.1, 0.15) is 5.56 Å². The van der Waals surface area contributed by atoms with Gasteiger partial charge in [-0.1, -0.05) is 48.7 Å². The van der Waals surface area contributed by atoms with Crippen molar-refractivity contribution in [2.75, 3.05) is 19.6 Å². The number of nitrogens with zero attached hydrogens (tertiary/aromatic N) is 2. The van der Waals surface area contributed by atoms with E-state index in [1.807, 2.05) is 30.3 Å². The molecule has 2 aromatic rings. The Balaban J connectivity index is 1.57. The Labute approximate surface area is 201 Å². The van der Waals surface area contributed by atoms with Crippen LogP contribution >= 0.6 is 23.4 Å². The van der Waals surface area contributed by atoms with Gasteiger partial charge in [-0.3, -0.25) is 9.79 Å². The standard InChI is InChI=1S/C24H23ClN2O5S/c1-15(13-25)24(23(29)30,12-16-8-10-17(31-2)11-9-16)27-21(28)20-22(27)33-19(26-20)14-32-18-6-4-3-5-7-18/h3-11,20,22H,1,12-14H2,2H3,(H,29,30). The summed E-state index contributed by atoms with van der Waals surface area (Å²) in [5.41, 5.74) is -0.724. The number of fused-ring (bicyclic) bond motifs is 1. The van der Waals surface area contributed by atoms with Gasteiger partial charge in [-0.2, -0.15) is 0 Å². The average Bonchev–Trinajstić information content (AvgIpc) is 3.21. The van der Waals surface area contributed by atoms with Crippen molar-refractivity contribution in [1.29, 1.82) is 0 Å². The first-order chi connectivity index (χ1) is 15.9. The molecule has 1 amide bonds. The number of carbonyl (C=O) groups is 2. The maximum absolute atomic E-state index is 13.1. The lowest BCUT2D eigenvalue weighted by Gasteiger charge is -2.52. The number of halogens is 1. The predicted octanol–water partition coefficient (Wildman–Crippen LogP) is 3.62. The van der Waals surface area contributed by atoms with Crippen LogP contribution in [0.3, 0.4) is 0 Å². The topological polar surface area (TPSA) is 88.4 Å². The van der Waals surface area contributed by atoms with Gasteiger partial charge in [-0.25, -0.2) is 4.79 Å². The van der Waals surface area contributed by atoms with E-state index < -0.39 is 22.9 Å². The molecule has 3 unspecified atom stereocenters. The van der Waals surface area contributed by atoms with E-state index in [9.17, 15) is 14.7 Å². The van der Waals surface area contributed by atoms with E-state index in [1.54, 1.807) is 31.4 Å². The number of thioether (sulfide) groups is 1. The van der Waals surface area contributed by atoms with Crippen molar-refractivity contribution in [2.24, 2.45) is 4.99 Å². The minimum absolute atomic E-state index is 0.0310. The lowest BCUT2D eigenvalue weighted by molar-refractivity contribution is -0.166. The second kappa shape index (κ2) is 9.49. The van der Waals surface area contributed by atoms with Gasteiger partial charge in [-0.15, -0.1) is 11.6 Å². The zero-order chi connectivity index (χ0) is 23.6. The highest BCUT2D eigenvalue weighted by Crippen LogP contribution is 2.46. The minimum atomic E-state index is -1.69. The van der Waals surface area contributed by atoms with Crippen molar-refractivity contribution in [3.05, 3.63) is 72.3 Å². The summed E-state index contributed by atoms with van der Waals surface area (Å²) >= 11 is 7.42. The first kappa shape index (κ1) is 23.2. The number of benzene rings is 2. The predicted molar refractivity (Wildman–Crippen MR) is 128 cm³/mol. The molecule has 9 heteroatoms. The van der Waals surface area contributed by atoms with Crippen molar-refractivity contribution in [3.63, 3.8) is 0 Å². The molecule has 0 aliphatic carbocycles. The van der Waals surface area contributed by atoms with E-state index in [0.29, 0.717) is 16.5 Å². The van der Waals surface area contributed by atoms with Gasteiger partial charge in [0.1, 0.15) is 28.5 Å². The van der Waals surface area contributed by atoms with Crippen LogP contribution < -0.4 is 9.47 Å². The first-order valence-electron chi connectivity index (χ1n) is 10.3. The van der Waals surface area contributed by atoms with Crippen LogP contribution in [0, 0.1) is 0 Å². The van der Waals surface area contributed by atoms with Crippen LogP contribution in [-0.2, 0) is 16.0 Å². The van der Waals surface area contributed by atoms with Crippen LogP contribution in [0.25, 0.3) is 0 Å². The summed E-state index contributed by atoms with van der Waals surface area (Å²) in [5.74, 6) is -0.286. The summed E-state index contributed by atoms with van der Waals surface area (Å²) in [4.78, 5) is 31.7. The zero-order valence-corrected chi connectivity index (χ0v) is 19.5. The maximum Gasteiger partial charge on any atom is 0.334 e. The number of β-lactam (4-membered cyclic amide) rings is 1. The average molecular weight is 487 g/mol. The van der Waals surface area contributed by atoms with E-state index >= 15 is 0 Å². The lowest BCUT2D eigenvalue weighted by atomic mass is 9.80. The third kappa shape index (κ3) is 4.20. The Hall–Kier alpha value is -2.97. The van der Waals surface area contributed by atoms with Crippen LogP contribution in [-0.4, -0.2) is 63.5 Å². The molecular weight excluding hydrogens is 464 g/mol. The Bertz CT molecular complexity index is 1090. The fourth-order valence-corrected chi connectivity index (χ4v) is 5.50. The molecule has 0 radical (unpaired) electrons. The molecule has 2 aliphatic heterocycles. The van der Waals surface area contributed by atoms with Gasteiger partial charge in [0.2, 0.25) is 0 Å². The molecule has 2 aliphatic rings. The Kier molecular flexibility index (Phi) is 6.67. The number of hydrogen-bond acceptors (Lipinski definition) is 6.